The smallest absolute Gasteiger partial charge is 0.243 e. The molecule has 0 radical (unpaired) electrons. The molecular formula is C13H18Br2N2O2S. The summed E-state index contributed by atoms with van der Waals surface area (Å²) in [4.78, 5) is 0.312. The molecule has 0 aliphatic carbocycles. The topological polar surface area (TPSA) is 49.4 Å². The third-order valence-electron chi connectivity index (χ3n) is 3.50. The van der Waals surface area contributed by atoms with E-state index in [-0.39, 0.29) is 0 Å². The van der Waals surface area contributed by atoms with E-state index in [0.717, 1.165) is 30.4 Å². The Bertz CT molecular complexity index is 572. The molecule has 112 valence electrons. The Labute approximate surface area is 137 Å². The molecule has 7 heteroatoms. The third-order valence-corrected chi connectivity index (χ3v) is 6.79. The van der Waals surface area contributed by atoms with E-state index in [1.54, 1.807) is 25.2 Å². The second-order valence-corrected chi connectivity index (χ2v) is 8.86. The van der Waals surface area contributed by atoms with E-state index in [2.05, 4.69) is 37.2 Å². The van der Waals surface area contributed by atoms with Gasteiger partial charge in [0.1, 0.15) is 0 Å². The summed E-state index contributed by atoms with van der Waals surface area (Å²) in [5.74, 6) is 0.387. The third kappa shape index (κ3) is 3.82. The molecule has 0 bridgehead atoms. The van der Waals surface area contributed by atoms with Crippen molar-refractivity contribution in [1.29, 1.82) is 0 Å². The van der Waals surface area contributed by atoms with E-state index in [9.17, 15) is 8.42 Å². The molecule has 1 aliphatic rings. The fourth-order valence-electron chi connectivity index (χ4n) is 2.39. The predicted molar refractivity (Wildman–Crippen MR) is 87.3 cm³/mol. The maximum Gasteiger partial charge on any atom is 0.243 e. The summed E-state index contributed by atoms with van der Waals surface area (Å²) < 4.78 is 28.1. The van der Waals surface area contributed by atoms with Crippen molar-refractivity contribution in [3.05, 3.63) is 27.1 Å². The molecule has 2 rings (SSSR count). The molecule has 1 aliphatic heterocycles. The molecule has 1 aromatic carbocycles. The van der Waals surface area contributed by atoms with Crippen LogP contribution in [-0.4, -0.2) is 39.4 Å². The number of nitrogens with zero attached hydrogens (tertiary/aromatic N) is 1. The van der Waals surface area contributed by atoms with E-state index in [1.807, 2.05) is 0 Å². The first-order valence-corrected chi connectivity index (χ1v) is 9.56. The van der Waals surface area contributed by atoms with E-state index < -0.39 is 10.0 Å². The zero-order chi connectivity index (χ0) is 14.8. The van der Waals surface area contributed by atoms with Crippen molar-refractivity contribution in [2.45, 2.75) is 17.7 Å². The molecule has 1 heterocycles. The summed E-state index contributed by atoms with van der Waals surface area (Å²) in [7, 11) is -1.80. The molecule has 0 saturated carbocycles. The highest BCUT2D eigenvalue weighted by Crippen LogP contribution is 2.28. The molecule has 1 atom stereocenters. The fourth-order valence-corrected chi connectivity index (χ4v) is 5.34. The van der Waals surface area contributed by atoms with Crippen LogP contribution in [-0.2, 0) is 10.0 Å². The monoisotopic (exact) mass is 424 g/mol. The van der Waals surface area contributed by atoms with Crippen LogP contribution in [0.5, 0.6) is 0 Å². The van der Waals surface area contributed by atoms with Gasteiger partial charge in [-0.3, -0.25) is 0 Å². The summed E-state index contributed by atoms with van der Waals surface area (Å²) in [5.41, 5.74) is 0. The fraction of sp³-hybridized carbons (Fsp3) is 0.538. The second-order valence-electron chi connectivity index (χ2n) is 5.07. The van der Waals surface area contributed by atoms with Gasteiger partial charge in [-0.2, -0.15) is 0 Å². The summed E-state index contributed by atoms with van der Waals surface area (Å²) in [6, 6.07) is 5.12. The predicted octanol–water partition coefficient (Wildman–Crippen LogP) is 2.83. The highest BCUT2D eigenvalue weighted by Gasteiger charge is 2.26. The van der Waals surface area contributed by atoms with Crippen LogP contribution in [0.4, 0.5) is 0 Å². The van der Waals surface area contributed by atoms with E-state index in [4.69, 9.17) is 0 Å². The minimum atomic E-state index is -3.45. The van der Waals surface area contributed by atoms with Crippen molar-refractivity contribution in [3.8, 4) is 0 Å². The van der Waals surface area contributed by atoms with Gasteiger partial charge in [0.15, 0.2) is 0 Å². The van der Waals surface area contributed by atoms with Crippen LogP contribution in [0, 0.1) is 5.92 Å². The maximum atomic E-state index is 12.6. The summed E-state index contributed by atoms with van der Waals surface area (Å²) >= 11 is 6.66. The Morgan fingerprint density at radius 1 is 1.40 bits per heavy atom. The van der Waals surface area contributed by atoms with Crippen LogP contribution in [0.15, 0.2) is 32.0 Å². The zero-order valence-corrected chi connectivity index (χ0v) is 15.3. The van der Waals surface area contributed by atoms with E-state index in [1.165, 1.54) is 4.31 Å². The lowest BCUT2D eigenvalue weighted by Crippen LogP contribution is -2.39. The number of halogens is 2. The molecule has 1 aromatic rings. The van der Waals surface area contributed by atoms with E-state index in [0.29, 0.717) is 21.8 Å². The average Bonchev–Trinajstić information content (AvgIpc) is 2.39. The van der Waals surface area contributed by atoms with Crippen LogP contribution in [0.3, 0.4) is 0 Å². The Kier molecular flexibility index (Phi) is 5.64. The first kappa shape index (κ1) is 16.4. The van der Waals surface area contributed by atoms with Gasteiger partial charge in [-0.25, -0.2) is 12.7 Å². The van der Waals surface area contributed by atoms with Crippen molar-refractivity contribution < 1.29 is 8.42 Å². The van der Waals surface area contributed by atoms with Gasteiger partial charge in [-0.05, 0) is 66.0 Å². The summed E-state index contributed by atoms with van der Waals surface area (Å²) in [6.45, 7) is 2.48. The van der Waals surface area contributed by atoms with Crippen LogP contribution >= 0.6 is 31.9 Å². The van der Waals surface area contributed by atoms with E-state index >= 15 is 0 Å². The lowest BCUT2D eigenvalue weighted by molar-refractivity contribution is 0.314. The van der Waals surface area contributed by atoms with Crippen LogP contribution in [0.2, 0.25) is 0 Å². The average molecular weight is 426 g/mol. The molecule has 1 saturated heterocycles. The standard InChI is InChI=1S/C13H18Br2N2O2S/c1-17(9-10-3-2-6-16-8-10)20(18,19)13-5-4-11(14)7-12(13)15/h4-5,7,10,16H,2-3,6,8-9H2,1H3. The lowest BCUT2D eigenvalue weighted by atomic mass is 10.00. The van der Waals surface area contributed by atoms with Crippen LogP contribution in [0.1, 0.15) is 12.8 Å². The molecular weight excluding hydrogens is 408 g/mol. The number of hydrogen-bond acceptors (Lipinski definition) is 3. The molecule has 0 amide bonds. The maximum absolute atomic E-state index is 12.6. The number of benzene rings is 1. The quantitative estimate of drug-likeness (QED) is 0.806. The van der Waals surface area contributed by atoms with Gasteiger partial charge in [0.2, 0.25) is 10.0 Å². The second kappa shape index (κ2) is 6.87. The molecule has 0 spiro atoms. The molecule has 20 heavy (non-hydrogen) atoms. The Morgan fingerprint density at radius 2 is 2.15 bits per heavy atom. The molecule has 0 aromatic heterocycles. The largest absolute Gasteiger partial charge is 0.316 e. The molecule has 1 fully saturated rings. The first-order valence-electron chi connectivity index (χ1n) is 6.53. The van der Waals surface area contributed by atoms with Crippen molar-refractivity contribution in [1.82, 2.24) is 9.62 Å². The Hall–Kier alpha value is 0.0500. The van der Waals surface area contributed by atoms with Gasteiger partial charge in [0, 0.05) is 22.5 Å². The first-order chi connectivity index (χ1) is 9.41. The number of sulfonamides is 1. The lowest BCUT2D eigenvalue weighted by Gasteiger charge is -2.27. The number of piperidine rings is 1. The van der Waals surface area contributed by atoms with Gasteiger partial charge in [-0.1, -0.05) is 15.9 Å². The highest BCUT2D eigenvalue weighted by molar-refractivity contribution is 9.11. The Morgan fingerprint density at radius 3 is 2.75 bits per heavy atom. The molecule has 1 unspecified atom stereocenters. The summed E-state index contributed by atoms with van der Waals surface area (Å²) in [5, 5.41) is 3.31. The van der Waals surface area contributed by atoms with Crippen molar-refractivity contribution >= 4 is 41.9 Å². The SMILES string of the molecule is CN(CC1CCCNC1)S(=O)(=O)c1ccc(Br)cc1Br. The Balaban J connectivity index is 2.16. The van der Waals surface area contributed by atoms with Crippen molar-refractivity contribution in [2.24, 2.45) is 5.92 Å². The number of rotatable bonds is 4. The van der Waals surface area contributed by atoms with Gasteiger partial charge in [0.25, 0.3) is 0 Å². The van der Waals surface area contributed by atoms with Crippen LogP contribution in [0.25, 0.3) is 0 Å². The molecule has 1 N–H and O–H groups in total. The minimum absolute atomic E-state index is 0.312. The number of nitrogens with one attached hydrogen (secondary N) is 1. The van der Waals surface area contributed by atoms with Crippen LogP contribution < -0.4 is 5.32 Å². The van der Waals surface area contributed by atoms with Crippen molar-refractivity contribution in [2.75, 3.05) is 26.7 Å². The van der Waals surface area contributed by atoms with Gasteiger partial charge >= 0.3 is 0 Å². The normalized spacial score (nSPS) is 20.3. The highest BCUT2D eigenvalue weighted by atomic mass is 79.9. The molecule has 4 nitrogen and oxygen atoms in total. The zero-order valence-electron chi connectivity index (χ0n) is 11.3. The van der Waals surface area contributed by atoms with Gasteiger partial charge in [0.05, 0.1) is 4.90 Å². The van der Waals surface area contributed by atoms with Gasteiger partial charge < -0.3 is 5.32 Å². The summed E-state index contributed by atoms with van der Waals surface area (Å²) in [6.07, 6.45) is 2.19. The van der Waals surface area contributed by atoms with Crippen molar-refractivity contribution in [3.63, 3.8) is 0 Å². The minimum Gasteiger partial charge on any atom is -0.316 e. The number of hydrogen-bond donors (Lipinski definition) is 1. The van der Waals surface area contributed by atoms with Gasteiger partial charge in [-0.15, -0.1) is 0 Å².